The van der Waals surface area contributed by atoms with E-state index >= 15 is 0 Å². The molecule has 10 heteroatoms. The molecule has 0 saturated carbocycles. The molecule has 17 rings (SSSR count). The molecule has 13 aromatic rings. The number of para-hydroxylation sites is 8. The second-order valence-electron chi connectivity index (χ2n) is 22.0. The fraction of sp³-hybridized carbons (Fsp3) is 0. The molecule has 86 heavy (non-hydrogen) atoms. The van der Waals surface area contributed by atoms with Crippen molar-refractivity contribution in [3.05, 3.63) is 304 Å². The Bertz CT molecular complexity index is 4710. The van der Waals surface area contributed by atoms with E-state index in [1.54, 1.807) is 0 Å². The topological polar surface area (TPSA) is 38.7 Å². The number of anilines is 12. The molecule has 402 valence electrons. The Morgan fingerprint density at radius 3 is 1.28 bits per heavy atom. The van der Waals surface area contributed by atoms with Crippen LogP contribution >= 0.6 is 0 Å². The molecule has 0 fully saturated rings. The van der Waals surface area contributed by atoms with E-state index in [2.05, 4.69) is 299 Å². The van der Waals surface area contributed by atoms with Gasteiger partial charge < -0.3 is 0 Å². The summed E-state index contributed by atoms with van der Waals surface area (Å²) in [4.78, 5) is 19.9. The Morgan fingerprint density at radius 2 is 0.721 bits per heavy atom. The van der Waals surface area contributed by atoms with Gasteiger partial charge in [0.05, 0.1) is 0 Å². The van der Waals surface area contributed by atoms with Gasteiger partial charge in [0.1, 0.15) is 0 Å². The summed E-state index contributed by atoms with van der Waals surface area (Å²) in [6.45, 7) is -0.0240. The zero-order valence-electron chi connectivity index (χ0n) is 46.5. The number of nitrogens with zero attached hydrogens (tertiary/aromatic N) is 6. The molecule has 0 spiro atoms. The number of hydrogen-bond donors (Lipinski definition) is 0. The summed E-state index contributed by atoms with van der Waals surface area (Å²) in [6.07, 6.45) is 3.80. The number of pyridine rings is 2. The minimum absolute atomic E-state index is 0.0120. The van der Waals surface area contributed by atoms with Crippen LogP contribution in [-0.2, 0) is 0 Å². The van der Waals surface area contributed by atoms with Crippen molar-refractivity contribution in [2.75, 3.05) is 19.6 Å². The molecule has 0 radical (unpaired) electrons. The zero-order valence-corrected chi connectivity index (χ0v) is 49.9. The molecule has 6 heterocycles. The van der Waals surface area contributed by atoms with Crippen LogP contribution in [0.3, 0.4) is 0 Å². The van der Waals surface area contributed by atoms with E-state index in [0.29, 0.717) is 0 Å². The monoisotopic (exact) mass is 1230 g/mol. The molecular weight excluding hydrogens is 1180 g/mol. The molecule has 4 aliphatic heterocycles. The van der Waals surface area contributed by atoms with Gasteiger partial charge in [0.2, 0.25) is 0 Å². The van der Waals surface area contributed by atoms with Crippen molar-refractivity contribution in [3.8, 4) is 22.5 Å². The van der Waals surface area contributed by atoms with E-state index < -0.39 is 0 Å². The predicted octanol–water partition coefficient (Wildman–Crippen LogP) is 11.3. The molecule has 0 N–H and O–H groups in total. The van der Waals surface area contributed by atoms with E-state index in [4.69, 9.17) is 9.97 Å². The average Bonchev–Trinajstić information content (AvgIpc) is 1.23. The van der Waals surface area contributed by atoms with E-state index in [1.165, 1.54) is 73.4 Å². The summed E-state index contributed by atoms with van der Waals surface area (Å²) in [5.41, 5.74) is 25.9. The molecule has 2 aromatic heterocycles. The quantitative estimate of drug-likeness (QED) is 0.127. The first-order valence-corrected chi connectivity index (χ1v) is 32.6. The SMILES string of the molecule is c1ccc(N(c2ccccc2)c2cc3c4c(c2)N(c2ccccc2)c2ccccc2B4c2cc4c(cc2[Se]3)[Se]c2cc(N(c3ccccc3)c3ccccc3-c3ccccn3)cc3c2B4c2ccccc2N3c2ccccc2-c2ccccn2)cc1. The molecule has 0 saturated heterocycles. The standard InChI is InChI=1S/C76H50B2N6Se2/c1-5-25-51(26-6-1)81(52-27-7-2-8-28-52)55-45-69-75-73(47-55)85-71-50-72-62(49-61(71)77(75)59-35-15-19-41-67(59)83(69)54-31-11-4-12-32-54)78-60-36-16-20-42-68(60)84(66-40-18-14-34-58(66)64-38-22-24-44-80-64)70-46-56(48-74(86-72)76(70)78)82(53-29-9-3-10-30-53)65-39-17-13-33-57(65)63-37-21-23-43-79-63/h1-50H. The third-order valence-corrected chi connectivity index (χ3v) is 21.9. The van der Waals surface area contributed by atoms with Gasteiger partial charge >= 0.3 is 518 Å². The Morgan fingerprint density at radius 1 is 0.291 bits per heavy atom. The van der Waals surface area contributed by atoms with Crippen LogP contribution in [0.2, 0.25) is 0 Å². The molecule has 4 aliphatic rings. The third-order valence-electron chi connectivity index (χ3n) is 17.2. The maximum absolute atomic E-state index is 4.99. The van der Waals surface area contributed by atoms with Crippen molar-refractivity contribution in [1.82, 2.24) is 9.97 Å². The van der Waals surface area contributed by atoms with Crippen molar-refractivity contribution in [2.24, 2.45) is 0 Å². The van der Waals surface area contributed by atoms with Gasteiger partial charge in [-0.2, -0.15) is 0 Å². The second kappa shape index (κ2) is 21.0. The normalized spacial score (nSPS) is 12.9. The van der Waals surface area contributed by atoms with E-state index in [9.17, 15) is 0 Å². The van der Waals surface area contributed by atoms with Crippen molar-refractivity contribution in [3.63, 3.8) is 0 Å². The summed E-state index contributed by atoms with van der Waals surface area (Å²) in [5.74, 6) is 0. The summed E-state index contributed by atoms with van der Waals surface area (Å²) in [6, 6.07) is 107. The molecule has 0 unspecified atom stereocenters. The Hall–Kier alpha value is -9.91. The van der Waals surface area contributed by atoms with Crippen LogP contribution in [0.5, 0.6) is 0 Å². The molecule has 0 amide bonds. The summed E-state index contributed by atoms with van der Waals surface area (Å²) < 4.78 is 5.70. The first kappa shape index (κ1) is 50.6. The first-order chi connectivity index (χ1) is 42.7. The van der Waals surface area contributed by atoms with Gasteiger partial charge in [-0.15, -0.1) is 0 Å². The maximum atomic E-state index is 4.99. The van der Waals surface area contributed by atoms with Gasteiger partial charge in [-0.1, -0.05) is 0 Å². The van der Waals surface area contributed by atoms with Crippen molar-refractivity contribution < 1.29 is 0 Å². The second-order valence-corrected chi connectivity index (χ2v) is 26.6. The molecular formula is C76H50B2N6Se2. The number of benzene rings is 11. The van der Waals surface area contributed by atoms with Gasteiger partial charge in [-0.25, -0.2) is 0 Å². The molecule has 0 bridgehead atoms. The van der Waals surface area contributed by atoms with Crippen molar-refractivity contribution in [1.29, 1.82) is 0 Å². The molecule has 11 aromatic carbocycles. The summed E-state index contributed by atoms with van der Waals surface area (Å²) >= 11 is -0.147. The van der Waals surface area contributed by atoms with Crippen LogP contribution in [0.4, 0.5) is 68.2 Å². The molecule has 0 atom stereocenters. The van der Waals surface area contributed by atoms with E-state index in [-0.39, 0.29) is 43.3 Å². The van der Waals surface area contributed by atoms with Crippen LogP contribution in [0.15, 0.2) is 304 Å². The van der Waals surface area contributed by atoms with Crippen molar-refractivity contribution in [2.45, 2.75) is 0 Å². The Balaban J connectivity index is 0.910. The Kier molecular flexibility index (Phi) is 12.4. The van der Waals surface area contributed by atoms with Crippen LogP contribution in [0.25, 0.3) is 22.5 Å². The predicted molar refractivity (Wildman–Crippen MR) is 364 cm³/mol. The average molecular weight is 1230 g/mol. The Labute approximate surface area is 514 Å². The van der Waals surface area contributed by atoms with Crippen LogP contribution < -0.4 is 70.2 Å². The van der Waals surface area contributed by atoms with E-state index in [0.717, 1.165) is 68.0 Å². The van der Waals surface area contributed by atoms with Gasteiger partial charge in [-0.05, 0) is 0 Å². The summed E-state index contributed by atoms with van der Waals surface area (Å²) in [7, 11) is 0. The number of fused-ring (bicyclic) bond motifs is 8. The molecule has 0 aliphatic carbocycles. The van der Waals surface area contributed by atoms with Gasteiger partial charge in [0.25, 0.3) is 0 Å². The fourth-order valence-corrected chi connectivity index (χ4v) is 19.2. The zero-order chi connectivity index (χ0) is 56.7. The van der Waals surface area contributed by atoms with Gasteiger partial charge in [0, 0.05) is 0 Å². The minimum atomic E-state index is -0.0996. The van der Waals surface area contributed by atoms with Crippen LogP contribution in [0.1, 0.15) is 0 Å². The van der Waals surface area contributed by atoms with Crippen LogP contribution in [-0.4, -0.2) is 53.3 Å². The number of hydrogen-bond acceptors (Lipinski definition) is 6. The fourth-order valence-electron chi connectivity index (χ4n) is 13.7. The van der Waals surface area contributed by atoms with Crippen molar-refractivity contribution >= 4 is 162 Å². The molecule has 6 nitrogen and oxygen atoms in total. The number of aromatic nitrogens is 2. The van der Waals surface area contributed by atoms with Gasteiger partial charge in [0.15, 0.2) is 0 Å². The third kappa shape index (κ3) is 8.32. The van der Waals surface area contributed by atoms with E-state index in [1.807, 2.05) is 24.5 Å². The summed E-state index contributed by atoms with van der Waals surface area (Å²) in [5, 5.41) is 0. The van der Waals surface area contributed by atoms with Gasteiger partial charge in [-0.3, -0.25) is 0 Å². The first-order valence-electron chi connectivity index (χ1n) is 29.2. The number of rotatable bonds is 10. The van der Waals surface area contributed by atoms with Crippen LogP contribution in [0, 0.1) is 0 Å².